The van der Waals surface area contributed by atoms with Crippen LogP contribution in [0.4, 0.5) is 11.4 Å². The lowest BCUT2D eigenvalue weighted by atomic mass is 10.2. The van der Waals surface area contributed by atoms with E-state index in [9.17, 15) is 4.79 Å². The first kappa shape index (κ1) is 15.6. The molecule has 2 aromatic rings. The fourth-order valence-corrected chi connectivity index (χ4v) is 2.06. The molecule has 1 aromatic heterocycles. The van der Waals surface area contributed by atoms with Crippen LogP contribution >= 0.6 is 23.2 Å². The minimum Gasteiger partial charge on any atom is -0.383 e. The molecule has 0 fully saturated rings. The Hall–Kier alpha value is -1.78. The van der Waals surface area contributed by atoms with Gasteiger partial charge in [0, 0.05) is 18.4 Å². The molecule has 1 amide bonds. The molecule has 0 saturated carbocycles. The van der Waals surface area contributed by atoms with Crippen LogP contribution in [0.3, 0.4) is 0 Å². The number of pyridine rings is 1. The summed E-state index contributed by atoms with van der Waals surface area (Å²) in [5, 5.41) is 6.82. The summed E-state index contributed by atoms with van der Waals surface area (Å²) in [6.45, 7) is 2.83. The van der Waals surface area contributed by atoms with Gasteiger partial charge in [-0.3, -0.25) is 9.78 Å². The summed E-state index contributed by atoms with van der Waals surface area (Å²) in [4.78, 5) is 16.4. The summed E-state index contributed by atoms with van der Waals surface area (Å²) >= 11 is 11.8. The molecule has 0 unspecified atom stereocenters. The first-order valence-electron chi connectivity index (χ1n) is 6.56. The van der Waals surface area contributed by atoms with E-state index in [1.807, 2.05) is 0 Å². The highest BCUT2D eigenvalue weighted by molar-refractivity contribution is 6.42. The second-order valence-electron chi connectivity index (χ2n) is 4.43. The molecule has 0 atom stereocenters. The Labute approximate surface area is 133 Å². The van der Waals surface area contributed by atoms with Crippen molar-refractivity contribution >= 4 is 40.5 Å². The number of halogens is 2. The molecule has 1 aromatic carbocycles. The van der Waals surface area contributed by atoms with Gasteiger partial charge in [-0.1, -0.05) is 30.1 Å². The third-order valence-electron chi connectivity index (χ3n) is 2.81. The van der Waals surface area contributed by atoms with Crippen LogP contribution in [0.5, 0.6) is 0 Å². The predicted octanol–water partition coefficient (Wildman–Crippen LogP) is 4.46. The summed E-state index contributed by atoms with van der Waals surface area (Å²) in [6, 6.07) is 6.63. The molecule has 2 N–H and O–H groups in total. The number of nitrogens with one attached hydrogen (secondary N) is 2. The van der Waals surface area contributed by atoms with Crippen LogP contribution in [-0.2, 0) is 0 Å². The van der Waals surface area contributed by atoms with Gasteiger partial charge in [-0.25, -0.2) is 0 Å². The lowest BCUT2D eigenvalue weighted by molar-refractivity contribution is 0.102. The van der Waals surface area contributed by atoms with Crippen molar-refractivity contribution in [3.63, 3.8) is 0 Å². The molecule has 0 aliphatic carbocycles. The minimum atomic E-state index is -0.227. The third-order valence-corrected chi connectivity index (χ3v) is 3.55. The Kier molecular flexibility index (Phi) is 5.42. The summed E-state index contributed by atoms with van der Waals surface area (Å²) in [5.74, 6) is -0.227. The van der Waals surface area contributed by atoms with E-state index in [4.69, 9.17) is 23.2 Å². The van der Waals surface area contributed by atoms with Crippen LogP contribution in [0.15, 0.2) is 36.7 Å². The zero-order valence-corrected chi connectivity index (χ0v) is 13.0. The zero-order valence-electron chi connectivity index (χ0n) is 11.5. The van der Waals surface area contributed by atoms with Gasteiger partial charge >= 0.3 is 0 Å². The summed E-state index contributed by atoms with van der Waals surface area (Å²) < 4.78 is 0. The highest BCUT2D eigenvalue weighted by atomic mass is 35.5. The molecule has 2 rings (SSSR count). The Bertz CT molecular complexity index is 647. The highest BCUT2D eigenvalue weighted by Crippen LogP contribution is 2.25. The second kappa shape index (κ2) is 7.29. The van der Waals surface area contributed by atoms with Crippen molar-refractivity contribution in [2.24, 2.45) is 0 Å². The van der Waals surface area contributed by atoms with Crippen molar-refractivity contribution in [3.8, 4) is 0 Å². The van der Waals surface area contributed by atoms with Crippen LogP contribution in [-0.4, -0.2) is 17.4 Å². The number of rotatable bonds is 5. The number of carbonyl (C=O) groups is 1. The first-order chi connectivity index (χ1) is 10.1. The Morgan fingerprint density at radius 1 is 1.24 bits per heavy atom. The standard InChI is InChI=1S/C15H15Cl2N3O/c1-2-6-19-14-9-18-7-5-11(14)15(21)20-10-3-4-12(16)13(17)8-10/h3-5,7-9,19H,2,6H2,1H3,(H,20,21). The largest absolute Gasteiger partial charge is 0.383 e. The van der Waals surface area contributed by atoms with Gasteiger partial charge in [-0.15, -0.1) is 0 Å². The normalized spacial score (nSPS) is 10.2. The van der Waals surface area contributed by atoms with Gasteiger partial charge in [-0.05, 0) is 30.7 Å². The Morgan fingerprint density at radius 3 is 2.76 bits per heavy atom. The van der Waals surface area contributed by atoms with Crippen molar-refractivity contribution in [2.75, 3.05) is 17.2 Å². The summed E-state index contributed by atoms with van der Waals surface area (Å²) in [7, 11) is 0. The molecule has 0 bridgehead atoms. The highest BCUT2D eigenvalue weighted by Gasteiger charge is 2.12. The van der Waals surface area contributed by atoms with E-state index in [1.165, 1.54) is 0 Å². The minimum absolute atomic E-state index is 0.227. The van der Waals surface area contributed by atoms with Gasteiger partial charge < -0.3 is 10.6 Å². The number of hydrogen-bond donors (Lipinski definition) is 2. The summed E-state index contributed by atoms with van der Waals surface area (Å²) in [5.41, 5.74) is 1.83. The number of carbonyl (C=O) groups excluding carboxylic acids is 1. The van der Waals surface area contributed by atoms with Crippen molar-refractivity contribution < 1.29 is 4.79 Å². The van der Waals surface area contributed by atoms with E-state index >= 15 is 0 Å². The van der Waals surface area contributed by atoms with Crippen molar-refractivity contribution in [1.29, 1.82) is 0 Å². The predicted molar refractivity (Wildman–Crippen MR) is 87.4 cm³/mol. The number of anilines is 2. The molecular formula is C15H15Cl2N3O. The van der Waals surface area contributed by atoms with Crippen molar-refractivity contribution in [1.82, 2.24) is 4.98 Å². The quantitative estimate of drug-likeness (QED) is 0.853. The third kappa shape index (κ3) is 4.09. The molecule has 4 nitrogen and oxygen atoms in total. The topological polar surface area (TPSA) is 54.0 Å². The fourth-order valence-electron chi connectivity index (χ4n) is 1.77. The molecule has 0 radical (unpaired) electrons. The Morgan fingerprint density at radius 2 is 2.05 bits per heavy atom. The van der Waals surface area contributed by atoms with Crippen LogP contribution in [0.1, 0.15) is 23.7 Å². The number of benzene rings is 1. The molecule has 6 heteroatoms. The fraction of sp³-hybridized carbons (Fsp3) is 0.200. The molecule has 21 heavy (non-hydrogen) atoms. The van der Waals surface area contributed by atoms with Crippen LogP contribution in [0, 0.1) is 0 Å². The van der Waals surface area contributed by atoms with E-state index in [-0.39, 0.29) is 5.91 Å². The van der Waals surface area contributed by atoms with E-state index in [1.54, 1.807) is 36.7 Å². The van der Waals surface area contributed by atoms with E-state index in [0.717, 1.165) is 13.0 Å². The maximum Gasteiger partial charge on any atom is 0.257 e. The lowest BCUT2D eigenvalue weighted by Gasteiger charge is -2.11. The molecule has 0 saturated heterocycles. The number of hydrogen-bond acceptors (Lipinski definition) is 3. The molecule has 0 spiro atoms. The van der Waals surface area contributed by atoms with E-state index in [0.29, 0.717) is 27.0 Å². The summed E-state index contributed by atoms with van der Waals surface area (Å²) in [6.07, 6.45) is 4.18. The molecule has 1 heterocycles. The first-order valence-corrected chi connectivity index (χ1v) is 7.31. The van der Waals surface area contributed by atoms with Crippen LogP contribution in [0.2, 0.25) is 10.0 Å². The van der Waals surface area contributed by atoms with Gasteiger partial charge in [0.05, 0.1) is 27.5 Å². The number of amides is 1. The van der Waals surface area contributed by atoms with Crippen LogP contribution < -0.4 is 10.6 Å². The van der Waals surface area contributed by atoms with Crippen LogP contribution in [0.25, 0.3) is 0 Å². The average molecular weight is 324 g/mol. The second-order valence-corrected chi connectivity index (χ2v) is 5.25. The zero-order chi connectivity index (χ0) is 15.2. The molecule has 110 valence electrons. The Balaban J connectivity index is 2.18. The van der Waals surface area contributed by atoms with Gasteiger partial charge in [0.2, 0.25) is 0 Å². The maximum atomic E-state index is 12.3. The SMILES string of the molecule is CCCNc1cnccc1C(=O)Nc1ccc(Cl)c(Cl)c1. The average Bonchev–Trinajstić information content (AvgIpc) is 2.49. The van der Waals surface area contributed by atoms with Gasteiger partial charge in [0.15, 0.2) is 0 Å². The smallest absolute Gasteiger partial charge is 0.257 e. The molecular weight excluding hydrogens is 309 g/mol. The maximum absolute atomic E-state index is 12.3. The van der Waals surface area contributed by atoms with Gasteiger partial charge in [0.25, 0.3) is 5.91 Å². The number of nitrogens with zero attached hydrogens (tertiary/aromatic N) is 1. The number of aromatic nitrogens is 1. The van der Waals surface area contributed by atoms with E-state index in [2.05, 4.69) is 22.5 Å². The van der Waals surface area contributed by atoms with E-state index < -0.39 is 0 Å². The molecule has 0 aliphatic heterocycles. The van der Waals surface area contributed by atoms with Crippen molar-refractivity contribution in [2.45, 2.75) is 13.3 Å². The van der Waals surface area contributed by atoms with Gasteiger partial charge in [0.1, 0.15) is 0 Å². The lowest BCUT2D eigenvalue weighted by Crippen LogP contribution is -2.15. The van der Waals surface area contributed by atoms with Gasteiger partial charge in [-0.2, -0.15) is 0 Å². The monoisotopic (exact) mass is 323 g/mol. The molecule has 0 aliphatic rings. The van der Waals surface area contributed by atoms with Crippen molar-refractivity contribution in [3.05, 3.63) is 52.3 Å².